The first kappa shape index (κ1) is 17.2. The van der Waals surface area contributed by atoms with E-state index in [2.05, 4.69) is 33.8 Å². The van der Waals surface area contributed by atoms with Gasteiger partial charge in [-0.3, -0.25) is 0 Å². The molecule has 4 aliphatic carbocycles. The van der Waals surface area contributed by atoms with Gasteiger partial charge in [0.15, 0.2) is 0 Å². The molecule has 0 aliphatic heterocycles. The van der Waals surface area contributed by atoms with Crippen LogP contribution in [0.2, 0.25) is 0 Å². The summed E-state index contributed by atoms with van der Waals surface area (Å²) in [5.74, 6) is 5.06. The van der Waals surface area contributed by atoms with Crippen molar-refractivity contribution in [3.8, 4) is 0 Å². The van der Waals surface area contributed by atoms with Crippen molar-refractivity contribution < 1.29 is 0 Å². The normalized spacial score (nSPS) is 50.7. The van der Waals surface area contributed by atoms with Crippen LogP contribution >= 0.6 is 0 Å². The Morgan fingerprint density at radius 3 is 2.58 bits per heavy atom. The van der Waals surface area contributed by atoms with E-state index in [9.17, 15) is 0 Å². The third-order valence-electron chi connectivity index (χ3n) is 9.59. The lowest BCUT2D eigenvalue weighted by Crippen LogP contribution is -2.49. The second-order valence-corrected chi connectivity index (χ2v) is 10.4. The lowest BCUT2D eigenvalue weighted by atomic mass is 9.47. The molecule has 0 spiro atoms. The lowest BCUT2D eigenvalue weighted by Gasteiger charge is -2.58. The maximum absolute atomic E-state index is 2.76. The van der Waals surface area contributed by atoms with E-state index in [0.29, 0.717) is 10.8 Å². The maximum atomic E-state index is 2.76. The molecule has 7 unspecified atom stereocenters. The third-order valence-corrected chi connectivity index (χ3v) is 9.59. The van der Waals surface area contributed by atoms with E-state index in [1.165, 1.54) is 70.6 Å². The number of rotatable bonds is 3. The minimum absolute atomic E-state index is 0.568. The van der Waals surface area contributed by atoms with Crippen molar-refractivity contribution in [3.05, 3.63) is 11.6 Å². The summed E-state index contributed by atoms with van der Waals surface area (Å²) in [4.78, 5) is 0. The zero-order valence-electron chi connectivity index (χ0n) is 16.7. The van der Waals surface area contributed by atoms with Crippen LogP contribution in [0.25, 0.3) is 0 Å². The Morgan fingerprint density at radius 1 is 1.00 bits per heavy atom. The molecule has 0 saturated heterocycles. The minimum atomic E-state index is 0.568. The van der Waals surface area contributed by atoms with Crippen molar-refractivity contribution in [2.75, 3.05) is 0 Å². The van der Waals surface area contributed by atoms with Gasteiger partial charge in [0, 0.05) is 0 Å². The molecule has 7 atom stereocenters. The van der Waals surface area contributed by atoms with E-state index in [1.54, 1.807) is 0 Å². The third kappa shape index (κ3) is 2.38. The fraction of sp³-hybridized carbons (Fsp3) is 0.917. The first-order valence-corrected chi connectivity index (χ1v) is 11.2. The van der Waals surface area contributed by atoms with Crippen LogP contribution in [0.5, 0.6) is 0 Å². The molecule has 0 heteroatoms. The molecule has 3 fully saturated rings. The van der Waals surface area contributed by atoms with E-state index in [0.717, 1.165) is 29.6 Å². The van der Waals surface area contributed by atoms with Gasteiger partial charge in [-0.1, -0.05) is 58.6 Å². The van der Waals surface area contributed by atoms with Gasteiger partial charge in [0.2, 0.25) is 0 Å². The van der Waals surface area contributed by atoms with Gasteiger partial charge in [0.05, 0.1) is 0 Å². The first-order valence-electron chi connectivity index (χ1n) is 11.2. The number of hydrogen-bond donors (Lipinski definition) is 0. The van der Waals surface area contributed by atoms with E-state index in [1.807, 2.05) is 5.57 Å². The summed E-state index contributed by atoms with van der Waals surface area (Å²) >= 11 is 0. The summed E-state index contributed by atoms with van der Waals surface area (Å²) in [6.45, 7) is 10.2. The van der Waals surface area contributed by atoms with Gasteiger partial charge in [0.1, 0.15) is 0 Å². The second-order valence-electron chi connectivity index (χ2n) is 10.4. The monoisotopic (exact) mass is 328 g/mol. The molecule has 0 heterocycles. The summed E-state index contributed by atoms with van der Waals surface area (Å²) in [5.41, 5.74) is 3.14. The summed E-state index contributed by atoms with van der Waals surface area (Å²) in [5, 5.41) is 0. The highest BCUT2D eigenvalue weighted by molar-refractivity contribution is 5.25. The predicted molar refractivity (Wildman–Crippen MR) is 104 cm³/mol. The largest absolute Gasteiger partial charge is 0.0845 e. The van der Waals surface area contributed by atoms with Gasteiger partial charge in [0.25, 0.3) is 0 Å². The average molecular weight is 329 g/mol. The molecular formula is C24H40. The minimum Gasteiger partial charge on any atom is -0.0845 e. The average Bonchev–Trinajstić information content (AvgIpc) is 2.92. The molecule has 24 heavy (non-hydrogen) atoms. The second kappa shape index (κ2) is 6.17. The van der Waals surface area contributed by atoms with Crippen LogP contribution in [0.15, 0.2) is 11.6 Å². The van der Waals surface area contributed by atoms with Crippen LogP contribution in [0.1, 0.15) is 98.3 Å². The molecule has 0 nitrogen and oxygen atoms in total. The van der Waals surface area contributed by atoms with Gasteiger partial charge in [-0.2, -0.15) is 0 Å². The Kier molecular flexibility index (Phi) is 4.41. The summed E-state index contributed by atoms with van der Waals surface area (Å²) < 4.78 is 0. The Bertz CT molecular complexity index is 502. The summed E-state index contributed by atoms with van der Waals surface area (Å²) in [6.07, 6.45) is 19.0. The fourth-order valence-electron chi connectivity index (χ4n) is 8.17. The summed E-state index contributed by atoms with van der Waals surface area (Å²) in [7, 11) is 0. The zero-order chi connectivity index (χ0) is 16.9. The SMILES string of the molecule is CCCC1CCC2(C)C(=CCC3C2CCC2(C)C(CC)CCC32)C1. The van der Waals surface area contributed by atoms with Crippen LogP contribution in [0.3, 0.4) is 0 Å². The quantitative estimate of drug-likeness (QED) is 0.474. The Balaban J connectivity index is 1.59. The molecule has 136 valence electrons. The number of allylic oxidation sites excluding steroid dienone is 2. The molecule has 0 N–H and O–H groups in total. The van der Waals surface area contributed by atoms with E-state index >= 15 is 0 Å². The predicted octanol–water partition coefficient (Wildman–Crippen LogP) is 7.39. The Labute approximate surface area is 150 Å². The van der Waals surface area contributed by atoms with Crippen molar-refractivity contribution in [1.29, 1.82) is 0 Å². The Hall–Kier alpha value is -0.260. The topological polar surface area (TPSA) is 0 Å². The number of hydrogen-bond acceptors (Lipinski definition) is 0. The molecule has 4 rings (SSSR count). The summed E-state index contributed by atoms with van der Waals surface area (Å²) in [6, 6.07) is 0. The zero-order valence-corrected chi connectivity index (χ0v) is 16.7. The molecule has 0 aromatic rings. The maximum Gasteiger partial charge on any atom is -0.00851 e. The highest BCUT2D eigenvalue weighted by Crippen LogP contribution is 2.66. The van der Waals surface area contributed by atoms with Crippen molar-refractivity contribution >= 4 is 0 Å². The van der Waals surface area contributed by atoms with E-state index in [-0.39, 0.29) is 0 Å². The standard InChI is InChI=1S/C24H40/c1-5-7-17-12-14-24(4)19(16-17)8-10-20-21-11-9-18(6-2)23(21,3)15-13-22(20)24/h8,17-18,20-22H,5-7,9-16H2,1-4H3. The molecule has 0 radical (unpaired) electrons. The molecule has 0 aromatic carbocycles. The smallest absolute Gasteiger partial charge is 0.00851 e. The molecule has 3 saturated carbocycles. The van der Waals surface area contributed by atoms with Gasteiger partial charge in [-0.05, 0) is 91.8 Å². The highest BCUT2D eigenvalue weighted by atomic mass is 14.6. The van der Waals surface area contributed by atoms with Crippen molar-refractivity contribution in [2.45, 2.75) is 98.3 Å². The molecule has 0 bridgehead atoms. The van der Waals surface area contributed by atoms with Crippen LogP contribution in [0, 0.1) is 40.4 Å². The highest BCUT2D eigenvalue weighted by Gasteiger charge is 2.57. The number of fused-ring (bicyclic) bond motifs is 5. The van der Waals surface area contributed by atoms with Crippen LogP contribution in [0.4, 0.5) is 0 Å². The fourth-order valence-corrected chi connectivity index (χ4v) is 8.17. The van der Waals surface area contributed by atoms with Gasteiger partial charge < -0.3 is 0 Å². The van der Waals surface area contributed by atoms with Gasteiger partial charge >= 0.3 is 0 Å². The Morgan fingerprint density at radius 2 is 1.83 bits per heavy atom. The van der Waals surface area contributed by atoms with Crippen LogP contribution in [-0.2, 0) is 0 Å². The van der Waals surface area contributed by atoms with E-state index < -0.39 is 0 Å². The van der Waals surface area contributed by atoms with Crippen molar-refractivity contribution in [3.63, 3.8) is 0 Å². The lowest BCUT2D eigenvalue weighted by molar-refractivity contribution is -0.0448. The van der Waals surface area contributed by atoms with E-state index in [4.69, 9.17) is 0 Å². The van der Waals surface area contributed by atoms with Crippen molar-refractivity contribution in [1.82, 2.24) is 0 Å². The molecular weight excluding hydrogens is 288 g/mol. The first-order chi connectivity index (χ1) is 11.5. The van der Waals surface area contributed by atoms with Crippen LogP contribution < -0.4 is 0 Å². The van der Waals surface area contributed by atoms with Gasteiger partial charge in [-0.15, -0.1) is 0 Å². The molecule has 0 aromatic heterocycles. The molecule has 4 aliphatic rings. The van der Waals surface area contributed by atoms with Crippen molar-refractivity contribution in [2.24, 2.45) is 40.4 Å². The molecule has 0 amide bonds. The van der Waals surface area contributed by atoms with Gasteiger partial charge in [-0.25, -0.2) is 0 Å². The van der Waals surface area contributed by atoms with Crippen LogP contribution in [-0.4, -0.2) is 0 Å².